The highest BCUT2D eigenvalue weighted by molar-refractivity contribution is 7.80. The first-order chi connectivity index (χ1) is 18.5. The number of rotatable bonds is 9. The molecule has 0 aliphatic carbocycles. The first-order valence-corrected chi connectivity index (χ1v) is 13.1. The molecule has 38 heavy (non-hydrogen) atoms. The second-order valence-electron chi connectivity index (χ2n) is 9.17. The molecule has 7 nitrogen and oxygen atoms in total. The number of benzene rings is 2. The molecule has 9 heteroatoms. The maximum absolute atomic E-state index is 6.65. The smallest absolute Gasteiger partial charge is 0.174 e. The lowest BCUT2D eigenvalue weighted by Gasteiger charge is -2.29. The van der Waals surface area contributed by atoms with Gasteiger partial charge in [0.1, 0.15) is 18.4 Å². The molecule has 4 aromatic rings. The number of hydrogen-bond acceptors (Lipinski definition) is 5. The van der Waals surface area contributed by atoms with Crippen molar-refractivity contribution in [2.24, 2.45) is 0 Å². The number of thiocarbonyl (C=S) groups is 1. The second kappa shape index (κ2) is 11.4. The van der Waals surface area contributed by atoms with Crippen LogP contribution in [0.1, 0.15) is 23.5 Å². The van der Waals surface area contributed by atoms with Gasteiger partial charge in [-0.2, -0.15) is 0 Å². The molecule has 2 aromatic heterocycles. The lowest BCUT2D eigenvalue weighted by Crippen LogP contribution is -2.30. The summed E-state index contributed by atoms with van der Waals surface area (Å²) in [5.41, 5.74) is 5.05. The Hall–Kier alpha value is -3.59. The minimum atomic E-state index is -0.183. The van der Waals surface area contributed by atoms with Crippen molar-refractivity contribution in [3.05, 3.63) is 102 Å². The van der Waals surface area contributed by atoms with E-state index in [0.717, 1.165) is 28.5 Å². The Balaban J connectivity index is 1.57. The van der Waals surface area contributed by atoms with Crippen LogP contribution in [0.5, 0.6) is 5.75 Å². The quantitative estimate of drug-likeness (QED) is 0.210. The van der Waals surface area contributed by atoms with Crippen molar-refractivity contribution in [1.82, 2.24) is 14.9 Å². The lowest BCUT2D eigenvalue weighted by atomic mass is 10.0. The molecule has 2 aromatic carbocycles. The van der Waals surface area contributed by atoms with Gasteiger partial charge in [-0.25, -0.2) is 0 Å². The van der Waals surface area contributed by atoms with E-state index in [2.05, 4.69) is 67.3 Å². The van der Waals surface area contributed by atoms with Gasteiger partial charge >= 0.3 is 0 Å². The van der Waals surface area contributed by atoms with Gasteiger partial charge in [-0.05, 0) is 78.9 Å². The van der Waals surface area contributed by atoms with Gasteiger partial charge in [-0.15, -0.1) is 0 Å². The van der Waals surface area contributed by atoms with Gasteiger partial charge in [-0.3, -0.25) is 4.98 Å². The van der Waals surface area contributed by atoms with Gasteiger partial charge in [-0.1, -0.05) is 17.7 Å². The number of nitrogens with zero attached hydrogens (tertiary/aromatic N) is 4. The molecule has 0 bridgehead atoms. The van der Waals surface area contributed by atoms with Crippen LogP contribution >= 0.6 is 23.8 Å². The number of pyridine rings is 1. The summed E-state index contributed by atoms with van der Waals surface area (Å²) in [6, 6.07) is 24.0. The summed E-state index contributed by atoms with van der Waals surface area (Å²) in [5, 5.41) is 4.63. The molecular weight excluding hydrogens is 518 g/mol. The Bertz CT molecular complexity index is 1390. The van der Waals surface area contributed by atoms with Crippen molar-refractivity contribution >= 4 is 40.3 Å². The predicted molar refractivity (Wildman–Crippen MR) is 157 cm³/mol. The topological polar surface area (TPSA) is 54.8 Å². The largest absolute Gasteiger partial charge is 0.490 e. The maximum atomic E-state index is 6.65. The number of methoxy groups -OCH3 is 1. The average Bonchev–Trinajstić information content (AvgIpc) is 3.54. The second-order valence-corrected chi connectivity index (χ2v) is 9.96. The third kappa shape index (κ3) is 5.20. The summed E-state index contributed by atoms with van der Waals surface area (Å²) in [4.78, 5) is 8.87. The predicted octanol–water partition coefficient (Wildman–Crippen LogP) is 5.79. The molecule has 3 heterocycles. The average molecular weight is 548 g/mol. The minimum Gasteiger partial charge on any atom is -0.490 e. The molecular formula is C29H30ClN5O2S. The van der Waals surface area contributed by atoms with Crippen molar-refractivity contribution in [3.8, 4) is 11.4 Å². The van der Waals surface area contributed by atoms with Crippen LogP contribution in [0.2, 0.25) is 5.02 Å². The summed E-state index contributed by atoms with van der Waals surface area (Å²) >= 11 is 12.5. The fourth-order valence-electron chi connectivity index (χ4n) is 4.71. The Morgan fingerprint density at radius 3 is 2.47 bits per heavy atom. The van der Waals surface area contributed by atoms with Gasteiger partial charge in [0.05, 0.1) is 23.4 Å². The van der Waals surface area contributed by atoms with Gasteiger partial charge in [0.15, 0.2) is 5.11 Å². The van der Waals surface area contributed by atoms with E-state index in [0.29, 0.717) is 29.1 Å². The Labute approximate surface area is 233 Å². The standard InChI is InChI=1S/C29H30ClN5O2S/c1-33(2)20-9-11-21(12-10-20)34-16-6-8-25(34)28-27(24-7-4-5-15-31-24)32-29(38)35(28)22-13-14-26(23(30)19-22)37-18-17-36-3/h4-16,19,27-28H,17-18H2,1-3H3,(H,32,38)/t27-,28-/m1/s1. The summed E-state index contributed by atoms with van der Waals surface area (Å²) in [7, 11) is 5.71. The summed E-state index contributed by atoms with van der Waals surface area (Å²) in [6.45, 7) is 0.905. The number of aromatic nitrogens is 2. The van der Waals surface area contributed by atoms with Crippen molar-refractivity contribution in [2.75, 3.05) is 44.2 Å². The van der Waals surface area contributed by atoms with Crippen molar-refractivity contribution < 1.29 is 9.47 Å². The molecule has 1 saturated heterocycles. The third-order valence-corrected chi connectivity index (χ3v) is 7.17. The zero-order valence-corrected chi connectivity index (χ0v) is 23.1. The van der Waals surface area contributed by atoms with E-state index in [1.165, 1.54) is 0 Å². The highest BCUT2D eigenvalue weighted by Crippen LogP contribution is 2.43. The number of anilines is 2. The molecule has 0 spiro atoms. The molecule has 5 rings (SSSR count). The number of nitrogens with one attached hydrogen (secondary N) is 1. The highest BCUT2D eigenvalue weighted by atomic mass is 35.5. The van der Waals surface area contributed by atoms with Crippen molar-refractivity contribution in [1.29, 1.82) is 0 Å². The van der Waals surface area contributed by atoms with E-state index in [1.807, 2.05) is 56.7 Å². The molecule has 0 saturated carbocycles. The molecule has 0 unspecified atom stereocenters. The van der Waals surface area contributed by atoms with Crippen LogP contribution in [0, 0.1) is 0 Å². The zero-order valence-electron chi connectivity index (χ0n) is 21.5. The number of halogens is 1. The van der Waals surface area contributed by atoms with E-state index in [4.69, 9.17) is 33.3 Å². The Morgan fingerprint density at radius 1 is 1.00 bits per heavy atom. The molecule has 1 aliphatic heterocycles. The molecule has 0 radical (unpaired) electrons. The summed E-state index contributed by atoms with van der Waals surface area (Å²) < 4.78 is 13.1. The van der Waals surface area contributed by atoms with E-state index >= 15 is 0 Å². The van der Waals surface area contributed by atoms with E-state index in [9.17, 15) is 0 Å². The molecule has 1 aliphatic rings. The van der Waals surface area contributed by atoms with Gasteiger partial charge in [0, 0.05) is 56.4 Å². The van der Waals surface area contributed by atoms with Crippen LogP contribution in [-0.2, 0) is 4.74 Å². The first kappa shape index (κ1) is 26.0. The van der Waals surface area contributed by atoms with Crippen LogP contribution in [0.4, 0.5) is 11.4 Å². The summed E-state index contributed by atoms with van der Waals surface area (Å²) in [6.07, 6.45) is 3.89. The molecule has 196 valence electrons. The van der Waals surface area contributed by atoms with Crippen LogP contribution in [0.3, 0.4) is 0 Å². The number of ether oxygens (including phenoxy) is 2. The fourth-order valence-corrected chi connectivity index (χ4v) is 5.28. The van der Waals surface area contributed by atoms with Gasteiger partial charge < -0.3 is 29.2 Å². The lowest BCUT2D eigenvalue weighted by molar-refractivity contribution is 0.146. The number of hydrogen-bond donors (Lipinski definition) is 1. The molecule has 0 amide bonds. The Kier molecular flexibility index (Phi) is 7.83. The Morgan fingerprint density at radius 2 is 1.79 bits per heavy atom. The van der Waals surface area contributed by atoms with Crippen molar-refractivity contribution in [3.63, 3.8) is 0 Å². The minimum absolute atomic E-state index is 0.171. The van der Waals surface area contributed by atoms with Crippen LogP contribution in [0.25, 0.3) is 5.69 Å². The highest BCUT2D eigenvalue weighted by Gasteiger charge is 2.42. The molecule has 1 N–H and O–H groups in total. The first-order valence-electron chi connectivity index (χ1n) is 12.3. The summed E-state index contributed by atoms with van der Waals surface area (Å²) in [5.74, 6) is 0.604. The van der Waals surface area contributed by atoms with Crippen LogP contribution < -0.4 is 19.9 Å². The normalized spacial score (nSPS) is 16.9. The molecule has 2 atom stereocenters. The third-order valence-electron chi connectivity index (χ3n) is 6.56. The monoisotopic (exact) mass is 547 g/mol. The zero-order chi connectivity index (χ0) is 26.6. The van der Waals surface area contributed by atoms with E-state index < -0.39 is 0 Å². The maximum Gasteiger partial charge on any atom is 0.174 e. The van der Waals surface area contributed by atoms with Gasteiger partial charge in [0.2, 0.25) is 0 Å². The molecule has 1 fully saturated rings. The van der Waals surface area contributed by atoms with E-state index in [-0.39, 0.29) is 12.1 Å². The fraction of sp³-hybridized carbons (Fsp3) is 0.241. The van der Waals surface area contributed by atoms with E-state index in [1.54, 1.807) is 7.11 Å². The SMILES string of the molecule is COCCOc1ccc(N2C(=S)N[C@H](c3ccccn3)[C@H]2c2cccn2-c2ccc(N(C)C)cc2)cc1Cl. The van der Waals surface area contributed by atoms with Crippen LogP contribution in [0.15, 0.2) is 85.2 Å². The van der Waals surface area contributed by atoms with Crippen molar-refractivity contribution in [2.45, 2.75) is 12.1 Å². The van der Waals surface area contributed by atoms with Gasteiger partial charge in [0.25, 0.3) is 0 Å². The van der Waals surface area contributed by atoms with Crippen LogP contribution in [-0.4, -0.2) is 49.1 Å².